The number of hydrogen-bond donors (Lipinski definition) is 0. The first-order valence-electron chi connectivity index (χ1n) is 4.73. The molecule has 1 nitrogen and oxygen atoms in total. The van der Waals surface area contributed by atoms with Gasteiger partial charge in [0.25, 0.3) is 0 Å². The van der Waals surface area contributed by atoms with Crippen LogP contribution in [0, 0.1) is 0 Å². The molecule has 1 heterocycles. The molecular weight excluding hydrogens is 219 g/mol. The van der Waals surface area contributed by atoms with Gasteiger partial charge in [-0.05, 0) is 29.7 Å². The molecule has 1 aliphatic rings. The summed E-state index contributed by atoms with van der Waals surface area (Å²) in [6.07, 6.45) is 1.07. The Bertz CT molecular complexity index is 319. The molecule has 0 aliphatic carbocycles. The van der Waals surface area contributed by atoms with Gasteiger partial charge in [-0.15, -0.1) is 11.6 Å². The molecule has 1 aliphatic heterocycles. The minimum atomic E-state index is 0.474. The molecule has 76 valence electrons. The van der Waals surface area contributed by atoms with E-state index in [2.05, 4.69) is 0 Å². The van der Waals surface area contributed by atoms with Crippen LogP contribution in [-0.4, -0.2) is 13.2 Å². The average molecular weight is 231 g/mol. The standard InChI is InChI=1S/C11H12Cl2O/c12-6-8-1-2-10(13)5-11(8)9-3-4-14-7-9/h1-2,5,9H,3-4,6-7H2. The largest absolute Gasteiger partial charge is 0.381 e. The Labute approximate surface area is 94.0 Å². The Hall–Kier alpha value is -0.240. The van der Waals surface area contributed by atoms with Gasteiger partial charge in [0.05, 0.1) is 6.61 Å². The van der Waals surface area contributed by atoms with Gasteiger partial charge in [-0.25, -0.2) is 0 Å². The summed E-state index contributed by atoms with van der Waals surface area (Å²) in [5.74, 6) is 1.02. The van der Waals surface area contributed by atoms with Gasteiger partial charge in [0, 0.05) is 23.4 Å². The minimum absolute atomic E-state index is 0.474. The van der Waals surface area contributed by atoms with Gasteiger partial charge in [0.15, 0.2) is 0 Å². The summed E-state index contributed by atoms with van der Waals surface area (Å²) >= 11 is 11.8. The summed E-state index contributed by atoms with van der Waals surface area (Å²) < 4.78 is 5.36. The molecule has 1 aromatic carbocycles. The molecule has 1 fully saturated rings. The maximum atomic E-state index is 5.97. The fourth-order valence-corrected chi connectivity index (χ4v) is 2.27. The summed E-state index contributed by atoms with van der Waals surface area (Å²) in [5, 5.41) is 0.778. The van der Waals surface area contributed by atoms with Gasteiger partial charge in [-0.1, -0.05) is 17.7 Å². The van der Waals surface area contributed by atoms with Crippen molar-refractivity contribution in [2.45, 2.75) is 18.2 Å². The van der Waals surface area contributed by atoms with E-state index in [1.165, 1.54) is 11.1 Å². The summed E-state index contributed by atoms with van der Waals surface area (Å²) in [6.45, 7) is 1.64. The molecule has 0 N–H and O–H groups in total. The smallest absolute Gasteiger partial charge is 0.0535 e. The lowest BCUT2D eigenvalue weighted by molar-refractivity contribution is 0.194. The molecule has 0 radical (unpaired) electrons. The van der Waals surface area contributed by atoms with Gasteiger partial charge >= 0.3 is 0 Å². The molecule has 1 unspecified atom stereocenters. The van der Waals surface area contributed by atoms with Crippen molar-refractivity contribution in [3.63, 3.8) is 0 Å². The van der Waals surface area contributed by atoms with E-state index in [4.69, 9.17) is 27.9 Å². The van der Waals surface area contributed by atoms with E-state index < -0.39 is 0 Å². The molecule has 1 aromatic rings. The van der Waals surface area contributed by atoms with E-state index >= 15 is 0 Å². The first kappa shape index (κ1) is 10.3. The SMILES string of the molecule is ClCc1ccc(Cl)cc1C1CCOC1. The van der Waals surface area contributed by atoms with Gasteiger partial charge in [0.2, 0.25) is 0 Å². The summed E-state index contributed by atoms with van der Waals surface area (Å²) in [7, 11) is 0. The molecule has 0 bridgehead atoms. The Balaban J connectivity index is 2.33. The molecule has 1 saturated heterocycles. The molecule has 0 spiro atoms. The molecule has 0 saturated carbocycles. The van der Waals surface area contributed by atoms with Crippen LogP contribution in [0.1, 0.15) is 23.5 Å². The van der Waals surface area contributed by atoms with Crippen molar-refractivity contribution in [2.24, 2.45) is 0 Å². The summed E-state index contributed by atoms with van der Waals surface area (Å²) in [4.78, 5) is 0. The minimum Gasteiger partial charge on any atom is -0.381 e. The number of halogens is 2. The van der Waals surface area contributed by atoms with E-state index in [1.807, 2.05) is 18.2 Å². The second kappa shape index (κ2) is 4.52. The van der Waals surface area contributed by atoms with Crippen molar-refractivity contribution in [3.8, 4) is 0 Å². The maximum Gasteiger partial charge on any atom is 0.0535 e. The second-order valence-electron chi connectivity index (χ2n) is 3.54. The molecule has 2 rings (SSSR count). The number of hydrogen-bond acceptors (Lipinski definition) is 1. The van der Waals surface area contributed by atoms with Gasteiger partial charge in [-0.3, -0.25) is 0 Å². The van der Waals surface area contributed by atoms with Crippen LogP contribution in [0.25, 0.3) is 0 Å². The van der Waals surface area contributed by atoms with Gasteiger partial charge in [0.1, 0.15) is 0 Å². The second-order valence-corrected chi connectivity index (χ2v) is 4.24. The molecule has 1 atom stereocenters. The third-order valence-electron chi connectivity index (χ3n) is 2.62. The number of ether oxygens (including phenoxy) is 1. The van der Waals surface area contributed by atoms with Crippen molar-refractivity contribution in [1.82, 2.24) is 0 Å². The predicted molar refractivity (Wildman–Crippen MR) is 59.2 cm³/mol. The van der Waals surface area contributed by atoms with Crippen LogP contribution in [-0.2, 0) is 10.6 Å². The third-order valence-corrected chi connectivity index (χ3v) is 3.14. The van der Waals surface area contributed by atoms with Crippen molar-refractivity contribution >= 4 is 23.2 Å². The number of benzene rings is 1. The molecule has 3 heteroatoms. The molecule has 0 aromatic heterocycles. The highest BCUT2D eigenvalue weighted by atomic mass is 35.5. The highest BCUT2D eigenvalue weighted by Gasteiger charge is 2.20. The average Bonchev–Trinajstić information content (AvgIpc) is 2.70. The Morgan fingerprint density at radius 3 is 2.93 bits per heavy atom. The lowest BCUT2D eigenvalue weighted by Gasteiger charge is -2.12. The first-order chi connectivity index (χ1) is 6.81. The number of alkyl halides is 1. The van der Waals surface area contributed by atoms with E-state index in [0.717, 1.165) is 24.7 Å². The normalized spacial score (nSPS) is 21.4. The lowest BCUT2D eigenvalue weighted by Crippen LogP contribution is -2.01. The zero-order valence-electron chi connectivity index (χ0n) is 7.80. The fraction of sp³-hybridized carbons (Fsp3) is 0.455. The van der Waals surface area contributed by atoms with E-state index in [0.29, 0.717) is 11.8 Å². The van der Waals surface area contributed by atoms with Crippen LogP contribution in [0.2, 0.25) is 5.02 Å². The van der Waals surface area contributed by atoms with Crippen molar-refractivity contribution < 1.29 is 4.74 Å². The van der Waals surface area contributed by atoms with Crippen LogP contribution in [0.3, 0.4) is 0 Å². The highest BCUT2D eigenvalue weighted by Crippen LogP contribution is 2.30. The summed E-state index contributed by atoms with van der Waals surface area (Å²) in [6, 6.07) is 5.90. The van der Waals surface area contributed by atoms with Crippen LogP contribution in [0.5, 0.6) is 0 Å². The van der Waals surface area contributed by atoms with E-state index in [1.54, 1.807) is 0 Å². The van der Waals surface area contributed by atoms with Crippen molar-refractivity contribution in [2.75, 3.05) is 13.2 Å². The topological polar surface area (TPSA) is 9.23 Å². The first-order valence-corrected chi connectivity index (χ1v) is 5.64. The van der Waals surface area contributed by atoms with Crippen LogP contribution >= 0.6 is 23.2 Å². The Morgan fingerprint density at radius 1 is 1.43 bits per heavy atom. The number of rotatable bonds is 2. The zero-order chi connectivity index (χ0) is 9.97. The van der Waals surface area contributed by atoms with E-state index in [9.17, 15) is 0 Å². The third kappa shape index (κ3) is 2.05. The predicted octanol–water partition coefficient (Wildman–Crippen LogP) is 3.58. The Kier molecular flexibility index (Phi) is 3.32. The van der Waals surface area contributed by atoms with E-state index in [-0.39, 0.29) is 0 Å². The zero-order valence-corrected chi connectivity index (χ0v) is 9.31. The molecule has 14 heavy (non-hydrogen) atoms. The van der Waals surface area contributed by atoms with Gasteiger partial charge < -0.3 is 4.74 Å². The monoisotopic (exact) mass is 230 g/mol. The van der Waals surface area contributed by atoms with Crippen LogP contribution < -0.4 is 0 Å². The quantitative estimate of drug-likeness (QED) is 0.707. The van der Waals surface area contributed by atoms with Crippen LogP contribution in [0.4, 0.5) is 0 Å². The molecular formula is C11H12Cl2O. The summed E-state index contributed by atoms with van der Waals surface area (Å²) in [5.41, 5.74) is 2.43. The maximum absolute atomic E-state index is 5.97. The lowest BCUT2D eigenvalue weighted by atomic mass is 9.94. The Morgan fingerprint density at radius 2 is 2.29 bits per heavy atom. The van der Waals surface area contributed by atoms with Crippen molar-refractivity contribution in [1.29, 1.82) is 0 Å². The fourth-order valence-electron chi connectivity index (χ4n) is 1.85. The van der Waals surface area contributed by atoms with Crippen LogP contribution in [0.15, 0.2) is 18.2 Å². The van der Waals surface area contributed by atoms with Crippen molar-refractivity contribution in [3.05, 3.63) is 34.3 Å². The highest BCUT2D eigenvalue weighted by molar-refractivity contribution is 6.30. The molecule has 0 amide bonds. The van der Waals surface area contributed by atoms with Gasteiger partial charge in [-0.2, -0.15) is 0 Å².